The lowest BCUT2D eigenvalue weighted by Gasteiger charge is -2.25. The van der Waals surface area contributed by atoms with Crippen molar-refractivity contribution in [2.75, 3.05) is 7.11 Å². The average Bonchev–Trinajstić information content (AvgIpc) is 2.74. The molecule has 0 aliphatic carbocycles. The second-order valence-corrected chi connectivity index (χ2v) is 8.22. The molecule has 0 N–H and O–H groups in total. The van der Waals surface area contributed by atoms with Crippen LogP contribution in [0.25, 0.3) is 0 Å². The van der Waals surface area contributed by atoms with Crippen molar-refractivity contribution in [1.29, 1.82) is 0 Å². The summed E-state index contributed by atoms with van der Waals surface area (Å²) in [7, 11) is 1.67. The van der Waals surface area contributed by atoms with Gasteiger partial charge in [-0.15, -0.1) is 0 Å². The number of hydrogen-bond donors (Lipinski definition) is 0. The van der Waals surface area contributed by atoms with Gasteiger partial charge in [-0.2, -0.15) is 0 Å². The van der Waals surface area contributed by atoms with Crippen LogP contribution in [0.15, 0.2) is 72.8 Å². The predicted molar refractivity (Wildman–Crippen MR) is 121 cm³/mol. The van der Waals surface area contributed by atoms with Gasteiger partial charge in [0.15, 0.2) is 0 Å². The Labute approximate surface area is 175 Å². The molecule has 0 atom stereocenters. The van der Waals surface area contributed by atoms with Crippen LogP contribution in [0.4, 0.5) is 0 Å². The predicted octanol–water partition coefficient (Wildman–Crippen LogP) is 7.35. The number of benzene rings is 3. The van der Waals surface area contributed by atoms with Gasteiger partial charge in [-0.1, -0.05) is 63.2 Å². The van der Waals surface area contributed by atoms with Crippen molar-refractivity contribution in [2.24, 2.45) is 0 Å². The minimum absolute atomic E-state index is 0.182. The lowest BCUT2D eigenvalue weighted by molar-refractivity contribution is 0.409. The first-order chi connectivity index (χ1) is 14.0. The molecule has 0 bridgehead atoms. The smallest absolute Gasteiger partial charge is 0.131 e. The molecule has 2 nitrogen and oxygen atoms in total. The Hall–Kier alpha value is -2.74. The molecule has 0 amide bonds. The van der Waals surface area contributed by atoms with Crippen LogP contribution in [-0.2, 0) is 18.3 Å². The Balaban J connectivity index is 1.58. The molecule has 0 fully saturated rings. The number of rotatable bonds is 9. The van der Waals surface area contributed by atoms with E-state index in [0.717, 1.165) is 42.9 Å². The van der Waals surface area contributed by atoms with Gasteiger partial charge in [0.2, 0.25) is 0 Å². The quantitative estimate of drug-likeness (QED) is 0.381. The van der Waals surface area contributed by atoms with Crippen molar-refractivity contribution in [3.63, 3.8) is 0 Å². The van der Waals surface area contributed by atoms with Gasteiger partial charge in [0.05, 0.1) is 7.11 Å². The summed E-state index contributed by atoms with van der Waals surface area (Å²) >= 11 is 0. The summed E-state index contributed by atoms with van der Waals surface area (Å²) in [6, 6.07) is 25.2. The maximum Gasteiger partial charge on any atom is 0.131 e. The summed E-state index contributed by atoms with van der Waals surface area (Å²) in [6.45, 7) is 6.89. The van der Waals surface area contributed by atoms with Crippen LogP contribution in [0, 0.1) is 0 Å². The summed E-state index contributed by atoms with van der Waals surface area (Å²) in [6.07, 6.45) is 4.44. The van der Waals surface area contributed by atoms with Gasteiger partial charge >= 0.3 is 0 Å². The van der Waals surface area contributed by atoms with Gasteiger partial charge in [-0.05, 0) is 72.1 Å². The lowest BCUT2D eigenvalue weighted by Crippen LogP contribution is -2.17. The molecular formula is C27H32O2. The molecule has 0 saturated heterocycles. The summed E-state index contributed by atoms with van der Waals surface area (Å²) in [5.74, 6) is 2.45. The number of methoxy groups -OCH3 is 1. The third kappa shape index (κ3) is 5.87. The highest BCUT2D eigenvalue weighted by Crippen LogP contribution is 2.30. The van der Waals surface area contributed by atoms with E-state index in [2.05, 4.69) is 63.2 Å². The Morgan fingerprint density at radius 1 is 0.759 bits per heavy atom. The zero-order chi connectivity index (χ0) is 20.7. The Bertz CT molecular complexity index is 910. The Kier molecular flexibility index (Phi) is 6.98. The first-order valence-corrected chi connectivity index (χ1v) is 10.5. The van der Waals surface area contributed by atoms with E-state index in [1.54, 1.807) is 7.11 Å². The molecule has 3 rings (SSSR count). The molecule has 0 aliphatic rings. The summed E-state index contributed by atoms with van der Waals surface area (Å²) in [4.78, 5) is 0. The van der Waals surface area contributed by atoms with Gasteiger partial charge in [0, 0.05) is 6.07 Å². The Morgan fingerprint density at radius 2 is 1.41 bits per heavy atom. The molecule has 2 heteroatoms. The standard InChI is InChI=1S/C27H32O2/c1-5-21-14-16-23(17-15-21)27(2,3)18-8-10-22-9-6-12-25(19-22)29-26-13-7-11-24(20-26)28-4/h6-7,9,11-17,19-20H,5,8,10,18H2,1-4H3. The van der Waals surface area contributed by atoms with Crippen molar-refractivity contribution >= 4 is 0 Å². The largest absolute Gasteiger partial charge is 0.497 e. The number of hydrogen-bond acceptors (Lipinski definition) is 2. The van der Waals surface area contributed by atoms with E-state index in [1.165, 1.54) is 16.7 Å². The molecule has 3 aromatic carbocycles. The van der Waals surface area contributed by atoms with E-state index in [4.69, 9.17) is 9.47 Å². The van der Waals surface area contributed by atoms with E-state index >= 15 is 0 Å². The zero-order valence-electron chi connectivity index (χ0n) is 18.1. The van der Waals surface area contributed by atoms with Crippen LogP contribution >= 0.6 is 0 Å². The maximum atomic E-state index is 6.02. The van der Waals surface area contributed by atoms with Crippen molar-refractivity contribution in [3.8, 4) is 17.2 Å². The zero-order valence-corrected chi connectivity index (χ0v) is 18.1. The van der Waals surface area contributed by atoms with Crippen molar-refractivity contribution in [1.82, 2.24) is 0 Å². The first-order valence-electron chi connectivity index (χ1n) is 10.5. The van der Waals surface area contributed by atoms with Crippen LogP contribution < -0.4 is 9.47 Å². The van der Waals surface area contributed by atoms with E-state index in [0.29, 0.717) is 0 Å². The SMILES string of the molecule is CCc1ccc(C(C)(C)CCCc2cccc(Oc3cccc(OC)c3)c2)cc1. The highest BCUT2D eigenvalue weighted by atomic mass is 16.5. The molecule has 29 heavy (non-hydrogen) atoms. The fourth-order valence-electron chi connectivity index (χ4n) is 3.64. The lowest BCUT2D eigenvalue weighted by atomic mass is 9.79. The van der Waals surface area contributed by atoms with Gasteiger partial charge in [0.25, 0.3) is 0 Å². The number of aryl methyl sites for hydroxylation is 2. The minimum atomic E-state index is 0.182. The average molecular weight is 389 g/mol. The molecule has 0 aromatic heterocycles. The van der Waals surface area contributed by atoms with Gasteiger partial charge < -0.3 is 9.47 Å². The van der Waals surface area contributed by atoms with Crippen LogP contribution in [0.3, 0.4) is 0 Å². The first kappa shape index (κ1) is 21.0. The topological polar surface area (TPSA) is 18.5 Å². The molecule has 0 unspecified atom stereocenters. The molecule has 0 saturated carbocycles. The summed E-state index contributed by atoms with van der Waals surface area (Å²) < 4.78 is 11.3. The van der Waals surface area contributed by atoms with Gasteiger partial charge in [-0.25, -0.2) is 0 Å². The molecule has 152 valence electrons. The van der Waals surface area contributed by atoms with Gasteiger partial charge in [0.1, 0.15) is 17.2 Å². The van der Waals surface area contributed by atoms with E-state index in [-0.39, 0.29) is 5.41 Å². The highest BCUT2D eigenvalue weighted by Gasteiger charge is 2.19. The van der Waals surface area contributed by atoms with Gasteiger partial charge in [-0.3, -0.25) is 0 Å². The third-order valence-corrected chi connectivity index (χ3v) is 5.59. The van der Waals surface area contributed by atoms with Crippen LogP contribution in [0.2, 0.25) is 0 Å². The molecule has 0 spiro atoms. The molecular weight excluding hydrogens is 356 g/mol. The fraction of sp³-hybridized carbons (Fsp3) is 0.333. The number of ether oxygens (including phenoxy) is 2. The fourth-order valence-corrected chi connectivity index (χ4v) is 3.64. The Morgan fingerprint density at radius 3 is 2.10 bits per heavy atom. The normalized spacial score (nSPS) is 11.3. The van der Waals surface area contributed by atoms with E-state index in [1.807, 2.05) is 30.3 Å². The van der Waals surface area contributed by atoms with E-state index < -0.39 is 0 Å². The molecule has 3 aromatic rings. The van der Waals surface area contributed by atoms with Crippen molar-refractivity contribution in [2.45, 2.75) is 51.9 Å². The van der Waals surface area contributed by atoms with Crippen LogP contribution in [0.1, 0.15) is 50.3 Å². The molecule has 0 radical (unpaired) electrons. The van der Waals surface area contributed by atoms with Crippen molar-refractivity contribution < 1.29 is 9.47 Å². The third-order valence-electron chi connectivity index (χ3n) is 5.59. The minimum Gasteiger partial charge on any atom is -0.497 e. The maximum absolute atomic E-state index is 6.02. The monoisotopic (exact) mass is 388 g/mol. The summed E-state index contributed by atoms with van der Waals surface area (Å²) in [5, 5.41) is 0. The second kappa shape index (κ2) is 9.65. The van der Waals surface area contributed by atoms with Crippen LogP contribution in [-0.4, -0.2) is 7.11 Å². The summed E-state index contributed by atoms with van der Waals surface area (Å²) in [5.41, 5.74) is 4.31. The van der Waals surface area contributed by atoms with Crippen LogP contribution in [0.5, 0.6) is 17.2 Å². The highest BCUT2D eigenvalue weighted by molar-refractivity contribution is 5.38. The van der Waals surface area contributed by atoms with Crippen molar-refractivity contribution in [3.05, 3.63) is 89.5 Å². The molecule has 0 aliphatic heterocycles. The molecule has 0 heterocycles. The van der Waals surface area contributed by atoms with E-state index in [9.17, 15) is 0 Å². The second-order valence-electron chi connectivity index (χ2n) is 8.22.